The van der Waals surface area contributed by atoms with Crippen LogP contribution in [-0.2, 0) is 0 Å². The van der Waals surface area contributed by atoms with Crippen molar-refractivity contribution in [3.8, 4) is 5.75 Å². The lowest BCUT2D eigenvalue weighted by molar-refractivity contribution is 0.474. The van der Waals surface area contributed by atoms with Crippen molar-refractivity contribution in [1.29, 1.82) is 0 Å². The molecule has 0 aliphatic rings. The molecule has 0 aromatic heterocycles. The number of aromatic hydroxyl groups is 1. The number of benzene rings is 2. The molecule has 1 unspecified atom stereocenters. The molecule has 0 saturated carbocycles. The number of hydrogen-bond acceptors (Lipinski definition) is 2. The lowest BCUT2D eigenvalue weighted by atomic mass is 10.1. The van der Waals surface area contributed by atoms with E-state index in [0.29, 0.717) is 17.7 Å². The van der Waals surface area contributed by atoms with Gasteiger partial charge in [0, 0.05) is 18.2 Å². The van der Waals surface area contributed by atoms with E-state index in [0.717, 1.165) is 0 Å². The third kappa shape index (κ3) is 2.99. The first kappa shape index (κ1) is 13.3. The first-order valence-electron chi connectivity index (χ1n) is 5.67. The molecule has 0 spiro atoms. The fourth-order valence-corrected chi connectivity index (χ4v) is 1.77. The summed E-state index contributed by atoms with van der Waals surface area (Å²) in [7, 11) is 0. The monoisotopic (exact) mass is 267 g/mol. The van der Waals surface area contributed by atoms with Gasteiger partial charge >= 0.3 is 0 Å². The quantitative estimate of drug-likeness (QED) is 0.881. The topological polar surface area (TPSA) is 32.3 Å². The maximum Gasteiger partial charge on any atom is 0.152 e. The molecule has 2 N–H and O–H groups in total. The second-order valence-corrected chi connectivity index (χ2v) is 4.21. The zero-order valence-corrected chi connectivity index (χ0v) is 10.1. The van der Waals surface area contributed by atoms with Crippen LogP contribution in [0.1, 0.15) is 18.5 Å². The molecule has 0 amide bonds. The van der Waals surface area contributed by atoms with E-state index in [2.05, 4.69) is 5.32 Å². The zero-order chi connectivity index (χ0) is 14.0. The summed E-state index contributed by atoms with van der Waals surface area (Å²) in [6, 6.07) is 7.09. The second kappa shape index (κ2) is 5.22. The Morgan fingerprint density at radius 2 is 1.68 bits per heavy atom. The molecule has 2 nitrogen and oxygen atoms in total. The van der Waals surface area contributed by atoms with E-state index >= 15 is 0 Å². The smallest absolute Gasteiger partial charge is 0.152 e. The van der Waals surface area contributed by atoms with E-state index in [9.17, 15) is 18.3 Å². The predicted molar refractivity (Wildman–Crippen MR) is 66.5 cm³/mol. The largest absolute Gasteiger partial charge is 0.508 e. The van der Waals surface area contributed by atoms with Crippen molar-refractivity contribution in [2.75, 3.05) is 5.32 Å². The molecule has 0 radical (unpaired) electrons. The first-order valence-corrected chi connectivity index (χ1v) is 5.67. The van der Waals surface area contributed by atoms with Gasteiger partial charge < -0.3 is 10.4 Å². The summed E-state index contributed by atoms with van der Waals surface area (Å²) in [5.74, 6) is -2.90. The molecule has 0 fully saturated rings. The summed E-state index contributed by atoms with van der Waals surface area (Å²) in [6.07, 6.45) is 0. The maximum absolute atomic E-state index is 13.5. The molecular weight excluding hydrogens is 255 g/mol. The summed E-state index contributed by atoms with van der Waals surface area (Å²) < 4.78 is 39.7. The Morgan fingerprint density at radius 1 is 1.05 bits per heavy atom. The van der Waals surface area contributed by atoms with Gasteiger partial charge in [0.15, 0.2) is 11.6 Å². The molecule has 2 aromatic carbocycles. The van der Waals surface area contributed by atoms with Gasteiger partial charge in [-0.15, -0.1) is 0 Å². The maximum atomic E-state index is 13.5. The van der Waals surface area contributed by atoms with E-state index in [4.69, 9.17) is 0 Å². The highest BCUT2D eigenvalue weighted by atomic mass is 19.1. The first-order chi connectivity index (χ1) is 8.97. The minimum atomic E-state index is -0.996. The van der Waals surface area contributed by atoms with E-state index in [1.54, 1.807) is 19.1 Å². The van der Waals surface area contributed by atoms with Crippen molar-refractivity contribution in [1.82, 2.24) is 0 Å². The van der Waals surface area contributed by atoms with Crippen LogP contribution in [0.2, 0.25) is 0 Å². The minimum absolute atomic E-state index is 0.0613. The molecular formula is C14H12F3NO. The summed E-state index contributed by atoms with van der Waals surface area (Å²) in [5.41, 5.74) is 0.264. The van der Waals surface area contributed by atoms with Crippen LogP contribution >= 0.6 is 0 Å². The molecule has 2 aromatic rings. The van der Waals surface area contributed by atoms with Crippen LogP contribution in [0, 0.1) is 17.5 Å². The molecule has 0 heterocycles. The van der Waals surface area contributed by atoms with Gasteiger partial charge in [0.2, 0.25) is 0 Å². The normalized spacial score (nSPS) is 12.2. The number of phenols is 1. The molecule has 0 aliphatic heterocycles. The number of rotatable bonds is 3. The van der Waals surface area contributed by atoms with Gasteiger partial charge in [-0.25, -0.2) is 13.2 Å². The van der Waals surface area contributed by atoms with Crippen molar-refractivity contribution >= 4 is 5.69 Å². The molecule has 0 bridgehead atoms. The fraction of sp³-hybridized carbons (Fsp3) is 0.143. The van der Waals surface area contributed by atoms with Crippen LogP contribution in [-0.4, -0.2) is 5.11 Å². The zero-order valence-electron chi connectivity index (χ0n) is 10.1. The van der Waals surface area contributed by atoms with Crippen molar-refractivity contribution in [3.05, 3.63) is 59.4 Å². The molecule has 0 saturated heterocycles. The van der Waals surface area contributed by atoms with Crippen LogP contribution in [0.25, 0.3) is 0 Å². The molecule has 19 heavy (non-hydrogen) atoms. The summed E-state index contributed by atoms with van der Waals surface area (Å²) >= 11 is 0. The highest BCUT2D eigenvalue weighted by Crippen LogP contribution is 2.26. The Hall–Kier alpha value is -2.17. The van der Waals surface area contributed by atoms with Gasteiger partial charge in [-0.2, -0.15) is 0 Å². The van der Waals surface area contributed by atoms with Gasteiger partial charge in [0.1, 0.15) is 17.3 Å². The minimum Gasteiger partial charge on any atom is -0.508 e. The predicted octanol–water partition coefficient (Wildman–Crippen LogP) is 3.98. The summed E-state index contributed by atoms with van der Waals surface area (Å²) in [4.78, 5) is 0. The lowest BCUT2D eigenvalue weighted by Gasteiger charge is -2.17. The van der Waals surface area contributed by atoms with Crippen LogP contribution in [0.5, 0.6) is 5.75 Å². The van der Waals surface area contributed by atoms with E-state index in [1.165, 1.54) is 12.1 Å². The fourth-order valence-electron chi connectivity index (χ4n) is 1.77. The molecule has 0 aliphatic carbocycles. The Balaban J connectivity index is 2.26. The number of halogens is 3. The van der Waals surface area contributed by atoms with Crippen molar-refractivity contribution in [3.63, 3.8) is 0 Å². The van der Waals surface area contributed by atoms with Gasteiger partial charge in [0.25, 0.3) is 0 Å². The Kier molecular flexibility index (Phi) is 3.64. The lowest BCUT2D eigenvalue weighted by Crippen LogP contribution is -2.10. The molecule has 100 valence electrons. The third-order valence-electron chi connectivity index (χ3n) is 2.74. The van der Waals surface area contributed by atoms with Gasteiger partial charge in [-0.1, -0.05) is 12.1 Å². The number of anilines is 1. The highest BCUT2D eigenvalue weighted by molar-refractivity contribution is 5.48. The molecule has 5 heteroatoms. The average Bonchev–Trinajstić information content (AvgIpc) is 2.33. The van der Waals surface area contributed by atoms with E-state index in [-0.39, 0.29) is 5.75 Å². The standard InChI is InChI=1S/C14H12F3NO/c1-8(9-3-2-4-11(19)5-9)18-14-12(16)6-10(15)7-13(14)17/h2-8,18-19H,1H3. The molecule has 1 atom stereocenters. The number of hydrogen-bond donors (Lipinski definition) is 2. The van der Waals surface area contributed by atoms with Crippen molar-refractivity contribution < 1.29 is 18.3 Å². The van der Waals surface area contributed by atoms with Crippen LogP contribution in [0.15, 0.2) is 36.4 Å². The third-order valence-corrected chi connectivity index (χ3v) is 2.74. The average molecular weight is 267 g/mol. The number of nitrogens with one attached hydrogen (secondary N) is 1. The van der Waals surface area contributed by atoms with Crippen molar-refractivity contribution in [2.45, 2.75) is 13.0 Å². The van der Waals surface area contributed by atoms with Gasteiger partial charge in [-0.05, 0) is 24.6 Å². The van der Waals surface area contributed by atoms with Gasteiger partial charge in [0.05, 0.1) is 0 Å². The van der Waals surface area contributed by atoms with Crippen LogP contribution < -0.4 is 5.32 Å². The Morgan fingerprint density at radius 3 is 2.26 bits per heavy atom. The van der Waals surface area contributed by atoms with Gasteiger partial charge in [-0.3, -0.25) is 0 Å². The second-order valence-electron chi connectivity index (χ2n) is 4.21. The van der Waals surface area contributed by atoms with Crippen LogP contribution in [0.4, 0.5) is 18.9 Å². The van der Waals surface area contributed by atoms with Crippen molar-refractivity contribution in [2.24, 2.45) is 0 Å². The Bertz CT molecular complexity index is 578. The summed E-state index contributed by atoms with van der Waals surface area (Å²) in [5, 5.41) is 12.0. The van der Waals surface area contributed by atoms with E-state index < -0.39 is 29.2 Å². The highest BCUT2D eigenvalue weighted by Gasteiger charge is 2.14. The Labute approximate surface area is 108 Å². The van der Waals surface area contributed by atoms with E-state index in [1.807, 2.05) is 0 Å². The molecule has 2 rings (SSSR count). The number of phenolic OH excluding ortho intramolecular Hbond substituents is 1. The van der Waals surface area contributed by atoms with Crippen LogP contribution in [0.3, 0.4) is 0 Å². The SMILES string of the molecule is CC(Nc1c(F)cc(F)cc1F)c1cccc(O)c1. The summed E-state index contributed by atoms with van der Waals surface area (Å²) in [6.45, 7) is 1.68.